The second kappa shape index (κ2) is 7.24. The lowest BCUT2D eigenvalue weighted by atomic mass is 10.0. The van der Waals surface area contributed by atoms with Crippen molar-refractivity contribution in [1.82, 2.24) is 24.3 Å². The van der Waals surface area contributed by atoms with Crippen LogP contribution in [0.25, 0.3) is 22.9 Å². The molecule has 0 radical (unpaired) electrons. The third-order valence-corrected chi connectivity index (χ3v) is 5.54. The topological polar surface area (TPSA) is 98.3 Å². The summed E-state index contributed by atoms with van der Waals surface area (Å²) in [5, 5.41) is 13.2. The van der Waals surface area contributed by atoms with E-state index in [1.807, 2.05) is 4.57 Å². The van der Waals surface area contributed by atoms with Crippen LogP contribution in [0, 0.1) is 6.92 Å². The molecule has 4 heterocycles. The van der Waals surface area contributed by atoms with Crippen molar-refractivity contribution in [2.75, 3.05) is 18.1 Å². The number of aromatic nitrogens is 5. The number of benzene rings is 1. The van der Waals surface area contributed by atoms with Gasteiger partial charge in [-0.15, -0.1) is 0 Å². The average Bonchev–Trinajstić information content (AvgIpc) is 3.18. The van der Waals surface area contributed by atoms with Gasteiger partial charge < -0.3 is 19.3 Å². The van der Waals surface area contributed by atoms with Crippen molar-refractivity contribution in [2.45, 2.75) is 38.7 Å². The number of fused-ring (bicyclic) bond motifs is 3. The van der Waals surface area contributed by atoms with Crippen LogP contribution in [0.15, 0.2) is 24.4 Å². The molecule has 1 aromatic carbocycles. The first-order chi connectivity index (χ1) is 15.2. The lowest BCUT2D eigenvalue weighted by Gasteiger charge is -2.40. The summed E-state index contributed by atoms with van der Waals surface area (Å²) in [6.07, 6.45) is -2.21. The number of hydrogen-bond donors (Lipinski definition) is 1. The summed E-state index contributed by atoms with van der Waals surface area (Å²) in [4.78, 5) is 21.9. The van der Waals surface area contributed by atoms with Crippen LogP contribution >= 0.6 is 0 Å². The van der Waals surface area contributed by atoms with Crippen molar-refractivity contribution < 1.29 is 27.8 Å². The Morgan fingerprint density at radius 3 is 2.75 bits per heavy atom. The van der Waals surface area contributed by atoms with Crippen molar-refractivity contribution >= 4 is 11.7 Å². The molecule has 2 aliphatic heterocycles. The van der Waals surface area contributed by atoms with Gasteiger partial charge in [-0.1, -0.05) is 0 Å². The minimum atomic E-state index is -4.44. The Labute approximate surface area is 180 Å². The van der Waals surface area contributed by atoms with Gasteiger partial charge in [0.2, 0.25) is 0 Å². The number of alkyl halides is 3. The van der Waals surface area contributed by atoms with Crippen molar-refractivity contribution in [2.24, 2.45) is 0 Å². The molecule has 2 aliphatic rings. The first-order valence-corrected chi connectivity index (χ1v) is 10.0. The molecule has 1 fully saturated rings. The van der Waals surface area contributed by atoms with Gasteiger partial charge in [0, 0.05) is 24.5 Å². The molecule has 0 aliphatic carbocycles. The monoisotopic (exact) mass is 448 g/mol. The standard InChI is InChI=1S/C20H19F3N6O3/c1-11-24-18(29(26-11)10-20(21,22)23)14-9-27-6-7-32-16-8-12(2-3-13(16)17(27)25-14)28-5-4-15(28)19(30)31/h2-3,8-9,15H,4-7,10H2,1H3,(H,30,31). The van der Waals surface area contributed by atoms with E-state index in [1.165, 1.54) is 6.92 Å². The summed E-state index contributed by atoms with van der Waals surface area (Å²) in [5.74, 6) is 0.484. The predicted octanol–water partition coefficient (Wildman–Crippen LogP) is 2.74. The normalized spacial score (nSPS) is 17.8. The maximum atomic E-state index is 13.0. The number of anilines is 1. The third-order valence-electron chi connectivity index (χ3n) is 5.54. The minimum Gasteiger partial charge on any atom is -0.491 e. The van der Waals surface area contributed by atoms with E-state index in [9.17, 15) is 23.1 Å². The van der Waals surface area contributed by atoms with Crippen molar-refractivity contribution in [1.29, 1.82) is 0 Å². The quantitative estimate of drug-likeness (QED) is 0.655. The lowest BCUT2D eigenvalue weighted by Crippen LogP contribution is -2.52. The lowest BCUT2D eigenvalue weighted by molar-refractivity contribution is -0.142. The van der Waals surface area contributed by atoms with E-state index in [1.54, 1.807) is 29.3 Å². The van der Waals surface area contributed by atoms with E-state index in [-0.39, 0.29) is 17.3 Å². The van der Waals surface area contributed by atoms with Gasteiger partial charge in [0.05, 0.1) is 12.1 Å². The molecule has 1 saturated heterocycles. The summed E-state index contributed by atoms with van der Waals surface area (Å²) in [6, 6.07) is 4.82. The fourth-order valence-corrected chi connectivity index (χ4v) is 4.03. The van der Waals surface area contributed by atoms with Crippen LogP contribution in [-0.4, -0.2) is 60.8 Å². The van der Waals surface area contributed by atoms with E-state index in [2.05, 4.69) is 15.1 Å². The number of ether oxygens (including phenoxy) is 1. The molecule has 2 aromatic heterocycles. The molecule has 9 nitrogen and oxygen atoms in total. The van der Waals surface area contributed by atoms with Gasteiger partial charge in [-0.05, 0) is 25.5 Å². The van der Waals surface area contributed by atoms with Gasteiger partial charge in [0.15, 0.2) is 5.82 Å². The number of hydrogen-bond acceptors (Lipinski definition) is 6. The van der Waals surface area contributed by atoms with E-state index in [4.69, 9.17) is 4.74 Å². The second-order valence-electron chi connectivity index (χ2n) is 7.76. The summed E-state index contributed by atoms with van der Waals surface area (Å²) in [6.45, 7) is 1.69. The van der Waals surface area contributed by atoms with Crippen LogP contribution in [0.4, 0.5) is 18.9 Å². The van der Waals surface area contributed by atoms with Crippen LogP contribution in [0.3, 0.4) is 0 Å². The molecule has 0 spiro atoms. The maximum Gasteiger partial charge on any atom is 0.408 e. The zero-order chi connectivity index (χ0) is 22.6. The number of imidazole rings is 1. The fraction of sp³-hybridized carbons (Fsp3) is 0.400. The van der Waals surface area contributed by atoms with E-state index in [0.717, 1.165) is 10.4 Å². The van der Waals surface area contributed by atoms with Crippen molar-refractivity contribution in [3.05, 3.63) is 30.2 Å². The zero-order valence-electron chi connectivity index (χ0n) is 17.0. The number of aryl methyl sites for hydroxylation is 1. The molecule has 0 amide bonds. The zero-order valence-corrected chi connectivity index (χ0v) is 17.0. The molecule has 32 heavy (non-hydrogen) atoms. The third kappa shape index (κ3) is 3.55. The number of nitrogens with zero attached hydrogens (tertiary/aromatic N) is 6. The smallest absolute Gasteiger partial charge is 0.408 e. The molecule has 3 aromatic rings. The minimum absolute atomic E-state index is 0.0457. The summed E-state index contributed by atoms with van der Waals surface area (Å²) in [7, 11) is 0. The Bertz CT molecular complexity index is 1200. The fourth-order valence-electron chi connectivity index (χ4n) is 4.03. The molecule has 1 unspecified atom stereocenters. The van der Waals surface area contributed by atoms with E-state index in [0.29, 0.717) is 43.3 Å². The Balaban J connectivity index is 1.52. The molecule has 0 saturated carbocycles. The second-order valence-corrected chi connectivity index (χ2v) is 7.76. The molecule has 168 valence electrons. The largest absolute Gasteiger partial charge is 0.491 e. The highest BCUT2D eigenvalue weighted by atomic mass is 19.4. The maximum absolute atomic E-state index is 13.0. The van der Waals surface area contributed by atoms with E-state index < -0.39 is 24.7 Å². The summed E-state index contributed by atoms with van der Waals surface area (Å²) < 4.78 is 47.4. The van der Waals surface area contributed by atoms with Crippen LogP contribution < -0.4 is 9.64 Å². The van der Waals surface area contributed by atoms with Gasteiger partial charge >= 0.3 is 12.1 Å². The first kappa shape index (κ1) is 20.3. The number of aliphatic carboxylic acids is 1. The van der Waals surface area contributed by atoms with Crippen LogP contribution in [0.1, 0.15) is 12.2 Å². The molecule has 1 N–H and O–H groups in total. The molecule has 12 heteroatoms. The Morgan fingerprint density at radius 1 is 1.25 bits per heavy atom. The molecule has 0 bridgehead atoms. The molecule has 1 atom stereocenters. The van der Waals surface area contributed by atoms with Crippen LogP contribution in [-0.2, 0) is 17.9 Å². The number of carboxylic acids is 1. The number of rotatable bonds is 4. The molecular weight excluding hydrogens is 429 g/mol. The molecular formula is C20H19F3N6O3. The number of carboxylic acid groups (broad SMARTS) is 1. The Morgan fingerprint density at radius 2 is 2.06 bits per heavy atom. The molecule has 5 rings (SSSR count). The van der Waals surface area contributed by atoms with Crippen molar-refractivity contribution in [3.8, 4) is 28.7 Å². The van der Waals surface area contributed by atoms with E-state index >= 15 is 0 Å². The highest BCUT2D eigenvalue weighted by Gasteiger charge is 2.35. The first-order valence-electron chi connectivity index (χ1n) is 10.0. The Kier molecular flexibility index (Phi) is 4.60. The van der Waals surface area contributed by atoms with Gasteiger partial charge in [-0.25, -0.2) is 19.4 Å². The predicted molar refractivity (Wildman–Crippen MR) is 106 cm³/mol. The van der Waals surface area contributed by atoms with Gasteiger partial charge in [-0.2, -0.15) is 18.3 Å². The van der Waals surface area contributed by atoms with Gasteiger partial charge in [0.1, 0.15) is 42.3 Å². The SMILES string of the molecule is Cc1nc(-c2cn3c(n2)-c2ccc(N4CCC4C(=O)O)cc2OCC3)n(CC(F)(F)F)n1. The van der Waals surface area contributed by atoms with Gasteiger partial charge in [0.25, 0.3) is 0 Å². The summed E-state index contributed by atoms with van der Waals surface area (Å²) in [5.41, 5.74) is 1.70. The Hall–Kier alpha value is -3.57. The number of halogens is 3. The van der Waals surface area contributed by atoms with Gasteiger partial charge in [-0.3, -0.25) is 0 Å². The highest BCUT2D eigenvalue weighted by molar-refractivity contribution is 5.81. The number of carbonyl (C=O) groups is 1. The highest BCUT2D eigenvalue weighted by Crippen LogP contribution is 2.38. The van der Waals surface area contributed by atoms with Crippen LogP contribution in [0.5, 0.6) is 5.75 Å². The van der Waals surface area contributed by atoms with Crippen LogP contribution in [0.2, 0.25) is 0 Å². The van der Waals surface area contributed by atoms with Crippen molar-refractivity contribution in [3.63, 3.8) is 0 Å². The summed E-state index contributed by atoms with van der Waals surface area (Å²) >= 11 is 0. The average molecular weight is 448 g/mol.